The topological polar surface area (TPSA) is 67.7 Å². The van der Waals surface area contributed by atoms with E-state index < -0.39 is 0 Å². The molecule has 0 radical (unpaired) electrons. The average Bonchev–Trinajstić information content (AvgIpc) is 3.12. The molecule has 7 heteroatoms. The number of aromatic nitrogens is 2. The first-order valence-corrected chi connectivity index (χ1v) is 9.13. The van der Waals surface area contributed by atoms with E-state index in [1.807, 2.05) is 18.2 Å². The smallest absolute Gasteiger partial charge is 0.195 e. The van der Waals surface area contributed by atoms with Gasteiger partial charge in [-0.15, -0.1) is 11.3 Å². The van der Waals surface area contributed by atoms with Gasteiger partial charge in [-0.25, -0.2) is 4.98 Å². The minimum Gasteiger partial charge on any atom is -0.375 e. The lowest BCUT2D eigenvalue weighted by Crippen LogP contribution is -2.24. The number of rotatable bonds is 3. The maximum absolute atomic E-state index is 5.47. The number of nitrogens with one attached hydrogen (secondary N) is 1. The highest BCUT2D eigenvalue weighted by molar-refractivity contribution is 7.80. The number of hydrazone groups is 1. The van der Waals surface area contributed by atoms with Crippen molar-refractivity contribution in [1.29, 1.82) is 0 Å². The summed E-state index contributed by atoms with van der Waals surface area (Å²) in [5.41, 5.74) is 12.5. The summed E-state index contributed by atoms with van der Waals surface area (Å²) in [5.74, 6) is 0. The first-order chi connectivity index (χ1) is 11.7. The van der Waals surface area contributed by atoms with Crippen molar-refractivity contribution >= 4 is 39.8 Å². The van der Waals surface area contributed by atoms with Crippen LogP contribution in [-0.4, -0.2) is 20.7 Å². The van der Waals surface area contributed by atoms with Gasteiger partial charge in [-0.2, -0.15) is 5.10 Å². The third-order valence-electron chi connectivity index (χ3n) is 4.16. The van der Waals surface area contributed by atoms with E-state index >= 15 is 0 Å². The Morgan fingerprint density at radius 1 is 1.29 bits per heavy atom. The van der Waals surface area contributed by atoms with Crippen molar-refractivity contribution in [3.63, 3.8) is 0 Å². The maximum atomic E-state index is 5.47. The average molecular weight is 355 g/mol. The quantitative estimate of drug-likeness (QED) is 0.430. The Kier molecular flexibility index (Phi) is 4.03. The molecule has 0 saturated heterocycles. The van der Waals surface area contributed by atoms with E-state index in [2.05, 4.69) is 27.1 Å². The molecule has 0 saturated carbocycles. The fourth-order valence-corrected chi connectivity index (χ4v) is 4.41. The molecular formula is C17H17N5S2. The Bertz CT molecular complexity index is 924. The van der Waals surface area contributed by atoms with E-state index in [0.29, 0.717) is 0 Å². The highest BCUT2D eigenvalue weighted by atomic mass is 32.1. The number of hydrogen-bond acceptors (Lipinski definition) is 4. The molecule has 4 rings (SSSR count). The van der Waals surface area contributed by atoms with Crippen LogP contribution in [0, 0.1) is 0 Å². The highest BCUT2D eigenvalue weighted by Crippen LogP contribution is 2.34. The zero-order valence-corrected chi connectivity index (χ0v) is 14.7. The Balaban J connectivity index is 1.90. The molecule has 3 aromatic rings. The number of thiazole rings is 1. The third kappa shape index (κ3) is 2.70. The summed E-state index contributed by atoms with van der Waals surface area (Å²) < 4.78 is 2.24. The minimum atomic E-state index is 0.153. The lowest BCUT2D eigenvalue weighted by molar-refractivity contribution is 0.674. The SMILES string of the molecule is NC(=S)N/N=C/c1c(-c2ccccc2)nc2sc3c(n12)CCCC3. The maximum Gasteiger partial charge on any atom is 0.195 e. The van der Waals surface area contributed by atoms with Crippen LogP contribution in [-0.2, 0) is 12.8 Å². The van der Waals surface area contributed by atoms with E-state index in [-0.39, 0.29) is 5.11 Å². The van der Waals surface area contributed by atoms with Gasteiger partial charge in [0.25, 0.3) is 0 Å². The predicted octanol–water partition coefficient (Wildman–Crippen LogP) is 3.11. The Morgan fingerprint density at radius 3 is 2.88 bits per heavy atom. The molecule has 0 spiro atoms. The van der Waals surface area contributed by atoms with Crippen LogP contribution >= 0.6 is 23.6 Å². The summed E-state index contributed by atoms with van der Waals surface area (Å²) in [4.78, 5) is 7.35. The van der Waals surface area contributed by atoms with Gasteiger partial charge in [-0.1, -0.05) is 30.3 Å². The minimum absolute atomic E-state index is 0.153. The van der Waals surface area contributed by atoms with Crippen molar-refractivity contribution in [3.05, 3.63) is 46.6 Å². The van der Waals surface area contributed by atoms with Gasteiger partial charge < -0.3 is 5.73 Å². The number of nitrogens with two attached hydrogens (primary N) is 1. The fourth-order valence-electron chi connectivity index (χ4n) is 3.14. The van der Waals surface area contributed by atoms with Crippen LogP contribution < -0.4 is 11.2 Å². The van der Waals surface area contributed by atoms with E-state index in [1.165, 1.54) is 23.4 Å². The first kappa shape index (κ1) is 15.3. The fraction of sp³-hybridized carbons (Fsp3) is 0.235. The summed E-state index contributed by atoms with van der Waals surface area (Å²) in [6, 6.07) is 10.2. The van der Waals surface area contributed by atoms with E-state index in [9.17, 15) is 0 Å². The van der Waals surface area contributed by atoms with Crippen molar-refractivity contribution < 1.29 is 0 Å². The lowest BCUT2D eigenvalue weighted by Gasteiger charge is -2.11. The molecule has 0 aliphatic heterocycles. The van der Waals surface area contributed by atoms with E-state index in [0.717, 1.165) is 34.8 Å². The van der Waals surface area contributed by atoms with Gasteiger partial charge >= 0.3 is 0 Å². The van der Waals surface area contributed by atoms with Crippen molar-refractivity contribution in [2.24, 2.45) is 10.8 Å². The van der Waals surface area contributed by atoms with Crippen LogP contribution in [0.3, 0.4) is 0 Å². The predicted molar refractivity (Wildman–Crippen MR) is 103 cm³/mol. The van der Waals surface area contributed by atoms with Crippen molar-refractivity contribution in [3.8, 4) is 11.3 Å². The molecular weight excluding hydrogens is 338 g/mol. The van der Waals surface area contributed by atoms with Gasteiger partial charge in [0.05, 0.1) is 17.6 Å². The lowest BCUT2D eigenvalue weighted by atomic mass is 10.0. The number of thiocarbonyl (C=S) groups is 1. The van der Waals surface area contributed by atoms with Crippen molar-refractivity contribution in [1.82, 2.24) is 14.8 Å². The number of imidazole rings is 1. The number of fused-ring (bicyclic) bond motifs is 3. The summed E-state index contributed by atoms with van der Waals surface area (Å²) in [6.45, 7) is 0. The number of hydrogen-bond donors (Lipinski definition) is 2. The summed E-state index contributed by atoms with van der Waals surface area (Å²) >= 11 is 6.61. The second-order valence-electron chi connectivity index (χ2n) is 5.74. The van der Waals surface area contributed by atoms with Crippen molar-refractivity contribution in [2.75, 3.05) is 0 Å². The number of nitrogens with zero attached hydrogens (tertiary/aromatic N) is 3. The zero-order valence-electron chi connectivity index (χ0n) is 13.0. The van der Waals surface area contributed by atoms with Crippen LogP contribution in [0.25, 0.3) is 16.2 Å². The highest BCUT2D eigenvalue weighted by Gasteiger charge is 2.22. The first-order valence-electron chi connectivity index (χ1n) is 7.91. The summed E-state index contributed by atoms with van der Waals surface area (Å²) in [6.07, 6.45) is 6.48. The van der Waals surface area contributed by atoms with Crippen LogP contribution in [0.15, 0.2) is 35.4 Å². The standard InChI is InChI=1S/C17H17N5S2/c18-16(23)21-19-10-13-15(11-6-2-1-3-7-11)20-17-22(13)12-8-4-5-9-14(12)24-17/h1-3,6-7,10H,4-5,8-9H2,(H3,18,21,23)/b19-10+. The van der Waals surface area contributed by atoms with Crippen LogP contribution in [0.2, 0.25) is 0 Å². The van der Waals surface area contributed by atoms with E-state index in [4.69, 9.17) is 22.9 Å². The Labute approximate surface area is 149 Å². The van der Waals surface area contributed by atoms with E-state index in [1.54, 1.807) is 17.6 Å². The molecule has 2 heterocycles. The molecule has 0 unspecified atom stereocenters. The third-order valence-corrected chi connectivity index (χ3v) is 5.40. The summed E-state index contributed by atoms with van der Waals surface area (Å²) in [5, 5.41) is 4.33. The molecule has 1 aromatic carbocycles. The monoisotopic (exact) mass is 355 g/mol. The molecule has 0 atom stereocenters. The molecule has 5 nitrogen and oxygen atoms in total. The molecule has 3 N–H and O–H groups in total. The van der Waals surface area contributed by atoms with Crippen LogP contribution in [0.5, 0.6) is 0 Å². The van der Waals surface area contributed by atoms with Gasteiger partial charge in [0, 0.05) is 16.1 Å². The van der Waals surface area contributed by atoms with Gasteiger partial charge in [0.2, 0.25) is 0 Å². The number of benzene rings is 1. The van der Waals surface area contributed by atoms with Crippen LogP contribution in [0.1, 0.15) is 29.1 Å². The van der Waals surface area contributed by atoms with Gasteiger partial charge in [0.1, 0.15) is 0 Å². The number of aryl methyl sites for hydroxylation is 2. The molecule has 0 bridgehead atoms. The van der Waals surface area contributed by atoms with Gasteiger partial charge in [-0.3, -0.25) is 9.83 Å². The second kappa shape index (κ2) is 6.33. The molecule has 122 valence electrons. The Morgan fingerprint density at radius 2 is 2.08 bits per heavy atom. The normalized spacial score (nSPS) is 14.2. The second-order valence-corrected chi connectivity index (χ2v) is 7.24. The Hall–Kier alpha value is -2.25. The zero-order chi connectivity index (χ0) is 16.5. The molecule has 0 amide bonds. The molecule has 1 aliphatic carbocycles. The van der Waals surface area contributed by atoms with Gasteiger partial charge in [-0.05, 0) is 37.9 Å². The molecule has 2 aromatic heterocycles. The largest absolute Gasteiger partial charge is 0.375 e. The molecule has 0 fully saturated rings. The molecule has 24 heavy (non-hydrogen) atoms. The molecule has 1 aliphatic rings. The summed E-state index contributed by atoms with van der Waals surface area (Å²) in [7, 11) is 0. The van der Waals surface area contributed by atoms with Gasteiger partial charge in [0.15, 0.2) is 10.1 Å². The van der Waals surface area contributed by atoms with Crippen LogP contribution in [0.4, 0.5) is 0 Å². The van der Waals surface area contributed by atoms with Crippen molar-refractivity contribution in [2.45, 2.75) is 25.7 Å².